The number of rotatable bonds is 8. The van der Waals surface area contributed by atoms with Crippen molar-refractivity contribution in [3.8, 4) is 0 Å². The van der Waals surface area contributed by atoms with Crippen LogP contribution in [-0.4, -0.2) is 51.1 Å². The molecule has 1 aromatic carbocycles. The van der Waals surface area contributed by atoms with Gasteiger partial charge < -0.3 is 10.1 Å². The number of nitrogens with one attached hydrogen (secondary N) is 1. The Balaban J connectivity index is 1.73. The van der Waals surface area contributed by atoms with Crippen molar-refractivity contribution in [2.24, 2.45) is 0 Å². The smallest absolute Gasteiger partial charge is 0.341 e. The van der Waals surface area contributed by atoms with Crippen LogP contribution in [0.1, 0.15) is 46.1 Å². The molecule has 2 heterocycles. The largest absolute Gasteiger partial charge is 0.465 e. The molecule has 9 heteroatoms. The third-order valence-corrected chi connectivity index (χ3v) is 8.16. The maximum absolute atomic E-state index is 12.6. The molecule has 0 spiro atoms. The van der Waals surface area contributed by atoms with Crippen molar-refractivity contribution in [3.05, 3.63) is 45.8 Å². The molecular weight excluding hydrogens is 436 g/mol. The molecule has 0 atom stereocenters. The quantitative estimate of drug-likeness (QED) is 0.602. The van der Waals surface area contributed by atoms with Crippen LogP contribution >= 0.6 is 11.3 Å². The van der Waals surface area contributed by atoms with Crippen LogP contribution in [0, 0.1) is 6.92 Å². The third kappa shape index (κ3) is 5.53. The highest BCUT2D eigenvalue weighted by Crippen LogP contribution is 2.37. The molecule has 1 N–H and O–H groups in total. The van der Waals surface area contributed by atoms with Gasteiger partial charge in [0.25, 0.3) is 0 Å². The maximum atomic E-state index is 12.6. The van der Waals surface area contributed by atoms with Gasteiger partial charge in [0.2, 0.25) is 5.91 Å². The van der Waals surface area contributed by atoms with Crippen LogP contribution in [-0.2, 0) is 32.3 Å². The first kappa shape index (κ1) is 23.4. The maximum Gasteiger partial charge on any atom is 0.341 e. The molecule has 3 rings (SSSR count). The molecule has 168 valence electrons. The minimum Gasteiger partial charge on any atom is -0.465 e. The first-order valence-corrected chi connectivity index (χ1v) is 12.8. The Kier molecular flexibility index (Phi) is 7.51. The molecule has 1 aromatic heterocycles. The van der Waals surface area contributed by atoms with E-state index in [1.54, 1.807) is 24.3 Å². The fourth-order valence-electron chi connectivity index (χ4n) is 3.65. The van der Waals surface area contributed by atoms with Crippen LogP contribution in [0.2, 0.25) is 0 Å². The van der Waals surface area contributed by atoms with Crippen molar-refractivity contribution in [2.45, 2.75) is 44.6 Å². The lowest BCUT2D eigenvalue weighted by atomic mass is 10.0. The highest BCUT2D eigenvalue weighted by Gasteiger charge is 2.29. The number of benzene rings is 1. The first-order valence-electron chi connectivity index (χ1n) is 10.3. The normalized spacial score (nSPS) is 14.2. The number of sulfone groups is 1. The molecule has 0 saturated carbocycles. The van der Waals surface area contributed by atoms with Gasteiger partial charge >= 0.3 is 5.97 Å². The van der Waals surface area contributed by atoms with Crippen molar-refractivity contribution >= 4 is 38.1 Å². The van der Waals surface area contributed by atoms with Crippen molar-refractivity contribution in [2.75, 3.05) is 31.3 Å². The topological polar surface area (TPSA) is 92.8 Å². The van der Waals surface area contributed by atoms with E-state index in [9.17, 15) is 18.0 Å². The predicted octanol–water partition coefficient (Wildman–Crippen LogP) is 3.41. The standard InChI is InChI=1S/C22H28N2O5S2/c1-4-11-24-12-9-17-18(14-24)30-21(20(17)22(26)29-3)23-19(25)10-13-31(27,28)16-7-5-15(2)6-8-16/h5-8H,4,9-14H2,1-3H3,(H,23,25). The van der Waals surface area contributed by atoms with E-state index in [0.717, 1.165) is 42.1 Å². The van der Waals surface area contributed by atoms with Gasteiger partial charge in [0.05, 0.1) is 23.3 Å². The monoisotopic (exact) mass is 464 g/mol. The van der Waals surface area contributed by atoms with Crippen LogP contribution in [0.4, 0.5) is 5.00 Å². The number of carbonyl (C=O) groups excluding carboxylic acids is 2. The van der Waals surface area contributed by atoms with E-state index >= 15 is 0 Å². The lowest BCUT2D eigenvalue weighted by Crippen LogP contribution is -2.30. The third-order valence-electron chi connectivity index (χ3n) is 5.30. The summed E-state index contributed by atoms with van der Waals surface area (Å²) in [6.45, 7) is 6.56. The summed E-state index contributed by atoms with van der Waals surface area (Å²) in [6.07, 6.45) is 1.57. The van der Waals surface area contributed by atoms with Gasteiger partial charge in [-0.3, -0.25) is 9.69 Å². The van der Waals surface area contributed by atoms with Gasteiger partial charge in [-0.05, 0) is 44.0 Å². The lowest BCUT2D eigenvalue weighted by Gasteiger charge is -2.26. The molecule has 0 radical (unpaired) electrons. The number of thiophene rings is 1. The van der Waals surface area contributed by atoms with E-state index in [2.05, 4.69) is 17.1 Å². The zero-order valence-corrected chi connectivity index (χ0v) is 19.7. The number of carbonyl (C=O) groups is 2. The number of fused-ring (bicyclic) bond motifs is 1. The van der Waals surface area contributed by atoms with Crippen molar-refractivity contribution < 1.29 is 22.7 Å². The summed E-state index contributed by atoms with van der Waals surface area (Å²) in [5.74, 6) is -1.22. The molecule has 1 amide bonds. The SMILES string of the molecule is CCCN1CCc2c(sc(NC(=O)CCS(=O)(=O)c3ccc(C)cc3)c2C(=O)OC)C1. The number of hydrogen-bond donors (Lipinski definition) is 1. The average molecular weight is 465 g/mol. The van der Waals surface area contributed by atoms with Crippen LogP contribution in [0.5, 0.6) is 0 Å². The minimum absolute atomic E-state index is 0.193. The van der Waals surface area contributed by atoms with Gasteiger partial charge in [-0.15, -0.1) is 11.3 Å². The Morgan fingerprint density at radius 2 is 1.94 bits per heavy atom. The second-order valence-electron chi connectivity index (χ2n) is 7.66. The van der Waals surface area contributed by atoms with Gasteiger partial charge in [-0.2, -0.15) is 0 Å². The van der Waals surface area contributed by atoms with E-state index in [4.69, 9.17) is 4.74 Å². The molecule has 1 aliphatic heterocycles. The minimum atomic E-state index is -3.57. The summed E-state index contributed by atoms with van der Waals surface area (Å²) in [5.41, 5.74) is 2.28. The number of methoxy groups -OCH3 is 1. The Bertz CT molecular complexity index is 1060. The molecular formula is C22H28N2O5S2. The van der Waals surface area contributed by atoms with Gasteiger partial charge in [0, 0.05) is 24.4 Å². The fraction of sp³-hybridized carbons (Fsp3) is 0.455. The van der Waals surface area contributed by atoms with Gasteiger partial charge in [0.1, 0.15) is 5.00 Å². The molecule has 0 fully saturated rings. The number of hydrogen-bond acceptors (Lipinski definition) is 7. The molecule has 0 aliphatic carbocycles. The Labute approximate surface area is 187 Å². The first-order chi connectivity index (χ1) is 14.7. The van der Waals surface area contributed by atoms with E-state index in [1.165, 1.54) is 18.4 Å². The van der Waals surface area contributed by atoms with Crippen LogP contribution in [0.15, 0.2) is 29.2 Å². The molecule has 0 saturated heterocycles. The molecule has 0 unspecified atom stereocenters. The molecule has 1 aliphatic rings. The Hall–Kier alpha value is -2.23. The summed E-state index contributed by atoms with van der Waals surface area (Å²) in [5, 5.41) is 3.20. The van der Waals surface area contributed by atoms with E-state index in [0.29, 0.717) is 17.0 Å². The second kappa shape index (κ2) is 9.93. The van der Waals surface area contributed by atoms with E-state index in [-0.39, 0.29) is 17.1 Å². The van der Waals surface area contributed by atoms with Crippen LogP contribution < -0.4 is 5.32 Å². The lowest BCUT2D eigenvalue weighted by molar-refractivity contribution is -0.115. The average Bonchev–Trinajstić information content (AvgIpc) is 3.09. The molecule has 31 heavy (non-hydrogen) atoms. The van der Waals surface area contributed by atoms with E-state index in [1.807, 2.05) is 6.92 Å². The fourth-order valence-corrected chi connectivity index (χ4v) is 6.18. The van der Waals surface area contributed by atoms with Crippen molar-refractivity contribution in [1.82, 2.24) is 4.90 Å². The van der Waals surface area contributed by atoms with Crippen molar-refractivity contribution in [3.63, 3.8) is 0 Å². The summed E-state index contributed by atoms with van der Waals surface area (Å²) < 4.78 is 30.0. The highest BCUT2D eigenvalue weighted by molar-refractivity contribution is 7.91. The highest BCUT2D eigenvalue weighted by atomic mass is 32.2. The molecule has 7 nitrogen and oxygen atoms in total. The van der Waals surface area contributed by atoms with Crippen LogP contribution in [0.3, 0.4) is 0 Å². The number of aryl methyl sites for hydroxylation is 1. The number of nitrogens with zero attached hydrogens (tertiary/aromatic N) is 1. The Morgan fingerprint density at radius 3 is 2.58 bits per heavy atom. The second-order valence-corrected chi connectivity index (χ2v) is 10.9. The summed E-state index contributed by atoms with van der Waals surface area (Å²) in [7, 11) is -2.25. The summed E-state index contributed by atoms with van der Waals surface area (Å²) in [6, 6.07) is 6.56. The van der Waals surface area contributed by atoms with E-state index < -0.39 is 21.7 Å². The summed E-state index contributed by atoms with van der Waals surface area (Å²) >= 11 is 1.37. The Morgan fingerprint density at radius 1 is 1.23 bits per heavy atom. The zero-order chi connectivity index (χ0) is 22.6. The molecule has 0 bridgehead atoms. The predicted molar refractivity (Wildman–Crippen MR) is 121 cm³/mol. The van der Waals surface area contributed by atoms with Gasteiger partial charge in [-0.25, -0.2) is 13.2 Å². The molecule has 2 aromatic rings. The number of anilines is 1. The number of amides is 1. The van der Waals surface area contributed by atoms with Gasteiger partial charge in [0.15, 0.2) is 9.84 Å². The summed E-state index contributed by atoms with van der Waals surface area (Å²) in [4.78, 5) is 28.5. The number of esters is 1. The zero-order valence-electron chi connectivity index (χ0n) is 18.1. The van der Waals surface area contributed by atoms with Crippen molar-refractivity contribution in [1.29, 1.82) is 0 Å². The van der Waals surface area contributed by atoms with Crippen LogP contribution in [0.25, 0.3) is 0 Å². The number of ether oxygens (including phenoxy) is 1. The van der Waals surface area contributed by atoms with Gasteiger partial charge in [-0.1, -0.05) is 24.6 Å².